The SMILES string of the molecule is CCNC(=NCCCCN1CCOCC1)NCCc1cccs1. The quantitative estimate of drug-likeness (QED) is 0.410. The summed E-state index contributed by atoms with van der Waals surface area (Å²) < 4.78 is 5.37. The topological polar surface area (TPSA) is 48.9 Å². The summed E-state index contributed by atoms with van der Waals surface area (Å²) in [5.41, 5.74) is 0. The zero-order chi connectivity index (χ0) is 16.2. The van der Waals surface area contributed by atoms with Gasteiger partial charge in [-0.1, -0.05) is 6.07 Å². The Morgan fingerprint density at radius 1 is 1.30 bits per heavy atom. The van der Waals surface area contributed by atoms with Crippen molar-refractivity contribution in [2.75, 3.05) is 52.5 Å². The molecule has 0 atom stereocenters. The molecule has 0 spiro atoms. The van der Waals surface area contributed by atoms with Gasteiger partial charge in [0, 0.05) is 37.6 Å². The van der Waals surface area contributed by atoms with Crippen LogP contribution < -0.4 is 10.6 Å². The molecule has 2 N–H and O–H groups in total. The van der Waals surface area contributed by atoms with E-state index in [-0.39, 0.29) is 0 Å². The number of ether oxygens (including phenoxy) is 1. The molecule has 0 unspecified atom stereocenters. The molecule has 0 aromatic carbocycles. The number of guanidine groups is 1. The first-order valence-corrected chi connectivity index (χ1v) is 9.61. The Morgan fingerprint density at radius 2 is 2.17 bits per heavy atom. The van der Waals surface area contributed by atoms with E-state index >= 15 is 0 Å². The number of hydrogen-bond donors (Lipinski definition) is 2. The number of morpholine rings is 1. The van der Waals surface area contributed by atoms with Crippen molar-refractivity contribution in [1.82, 2.24) is 15.5 Å². The van der Waals surface area contributed by atoms with E-state index in [9.17, 15) is 0 Å². The van der Waals surface area contributed by atoms with Crippen molar-refractivity contribution >= 4 is 17.3 Å². The Morgan fingerprint density at radius 3 is 2.91 bits per heavy atom. The molecule has 2 heterocycles. The van der Waals surface area contributed by atoms with Gasteiger partial charge in [0.15, 0.2) is 5.96 Å². The van der Waals surface area contributed by atoms with Crippen LogP contribution in [0.5, 0.6) is 0 Å². The Hall–Kier alpha value is -1.11. The minimum absolute atomic E-state index is 0.886. The second kappa shape index (κ2) is 11.4. The zero-order valence-electron chi connectivity index (χ0n) is 14.2. The fourth-order valence-electron chi connectivity index (χ4n) is 2.56. The van der Waals surface area contributed by atoms with Crippen molar-refractivity contribution in [2.24, 2.45) is 4.99 Å². The van der Waals surface area contributed by atoms with Crippen molar-refractivity contribution < 1.29 is 4.74 Å². The first-order chi connectivity index (χ1) is 11.4. The number of thiophene rings is 1. The number of unbranched alkanes of at least 4 members (excludes halogenated alkanes) is 1. The number of rotatable bonds is 9. The minimum atomic E-state index is 0.886. The molecule has 5 nitrogen and oxygen atoms in total. The third-order valence-electron chi connectivity index (χ3n) is 3.84. The van der Waals surface area contributed by atoms with Gasteiger partial charge in [-0.05, 0) is 44.2 Å². The molecule has 1 aliphatic heterocycles. The molecule has 1 aromatic rings. The van der Waals surface area contributed by atoms with Crippen LogP contribution >= 0.6 is 11.3 Å². The van der Waals surface area contributed by atoms with Crippen LogP contribution in [0.2, 0.25) is 0 Å². The van der Waals surface area contributed by atoms with Gasteiger partial charge in [0.25, 0.3) is 0 Å². The van der Waals surface area contributed by atoms with Gasteiger partial charge in [-0.25, -0.2) is 0 Å². The van der Waals surface area contributed by atoms with E-state index in [1.165, 1.54) is 17.8 Å². The number of hydrogen-bond acceptors (Lipinski definition) is 4. The van der Waals surface area contributed by atoms with Crippen LogP contribution in [0.3, 0.4) is 0 Å². The molecule has 1 aromatic heterocycles. The molecular weight excluding hydrogens is 308 g/mol. The van der Waals surface area contributed by atoms with E-state index in [1.54, 1.807) is 0 Å². The highest BCUT2D eigenvalue weighted by Gasteiger charge is 2.08. The summed E-state index contributed by atoms with van der Waals surface area (Å²) >= 11 is 1.81. The maximum atomic E-state index is 5.37. The lowest BCUT2D eigenvalue weighted by Gasteiger charge is -2.26. The average molecular weight is 339 g/mol. The molecule has 0 aliphatic carbocycles. The van der Waals surface area contributed by atoms with Gasteiger partial charge < -0.3 is 15.4 Å². The number of nitrogens with zero attached hydrogens (tertiary/aromatic N) is 2. The predicted molar refractivity (Wildman–Crippen MR) is 98.5 cm³/mol. The molecule has 23 heavy (non-hydrogen) atoms. The van der Waals surface area contributed by atoms with Crippen LogP contribution in [0.25, 0.3) is 0 Å². The molecule has 1 aliphatic rings. The van der Waals surface area contributed by atoms with Crippen molar-refractivity contribution in [1.29, 1.82) is 0 Å². The monoisotopic (exact) mass is 338 g/mol. The molecule has 0 amide bonds. The lowest BCUT2D eigenvalue weighted by atomic mass is 10.3. The lowest BCUT2D eigenvalue weighted by molar-refractivity contribution is 0.0373. The maximum absolute atomic E-state index is 5.37. The molecule has 1 fully saturated rings. The molecule has 0 bridgehead atoms. The van der Waals surface area contributed by atoms with E-state index in [4.69, 9.17) is 4.74 Å². The van der Waals surface area contributed by atoms with E-state index in [2.05, 4.69) is 45.0 Å². The molecule has 0 saturated carbocycles. The molecule has 2 rings (SSSR count). The molecule has 0 radical (unpaired) electrons. The Balaban J connectivity index is 1.58. The highest BCUT2D eigenvalue weighted by atomic mass is 32.1. The van der Waals surface area contributed by atoms with E-state index < -0.39 is 0 Å². The van der Waals surface area contributed by atoms with Crippen LogP contribution in [0.4, 0.5) is 0 Å². The van der Waals surface area contributed by atoms with Crippen LogP contribution in [-0.4, -0.2) is 63.3 Å². The second-order valence-electron chi connectivity index (χ2n) is 5.68. The van der Waals surface area contributed by atoms with Gasteiger partial charge in [0.1, 0.15) is 0 Å². The van der Waals surface area contributed by atoms with E-state index in [0.717, 1.165) is 64.7 Å². The van der Waals surface area contributed by atoms with E-state index in [1.807, 2.05) is 11.3 Å². The molecule has 1 saturated heterocycles. The minimum Gasteiger partial charge on any atom is -0.379 e. The van der Waals surface area contributed by atoms with Crippen molar-refractivity contribution in [3.8, 4) is 0 Å². The van der Waals surface area contributed by atoms with Crippen LogP contribution in [0, 0.1) is 0 Å². The van der Waals surface area contributed by atoms with E-state index in [0.29, 0.717) is 0 Å². The van der Waals surface area contributed by atoms with Crippen LogP contribution in [0.15, 0.2) is 22.5 Å². The lowest BCUT2D eigenvalue weighted by Crippen LogP contribution is -2.38. The third-order valence-corrected chi connectivity index (χ3v) is 4.78. The van der Waals surface area contributed by atoms with Crippen molar-refractivity contribution in [3.05, 3.63) is 22.4 Å². The first-order valence-electron chi connectivity index (χ1n) is 8.73. The van der Waals surface area contributed by atoms with Gasteiger partial charge in [-0.3, -0.25) is 9.89 Å². The summed E-state index contributed by atoms with van der Waals surface area (Å²) in [5.74, 6) is 0.940. The highest BCUT2D eigenvalue weighted by Crippen LogP contribution is 2.08. The standard InChI is InChI=1S/C17H30N4OS/c1-2-18-17(20-9-7-16-6-5-15-23-16)19-8-3-4-10-21-11-13-22-14-12-21/h5-6,15H,2-4,7-14H2,1H3,(H2,18,19,20). The highest BCUT2D eigenvalue weighted by molar-refractivity contribution is 7.09. The summed E-state index contributed by atoms with van der Waals surface area (Å²) in [6.45, 7) is 9.92. The van der Waals surface area contributed by atoms with Crippen molar-refractivity contribution in [2.45, 2.75) is 26.2 Å². The van der Waals surface area contributed by atoms with Crippen LogP contribution in [0.1, 0.15) is 24.6 Å². The van der Waals surface area contributed by atoms with Crippen molar-refractivity contribution in [3.63, 3.8) is 0 Å². The van der Waals surface area contributed by atoms with Gasteiger partial charge in [0.05, 0.1) is 13.2 Å². The molecule has 6 heteroatoms. The summed E-state index contributed by atoms with van der Waals surface area (Å²) in [4.78, 5) is 8.57. The Bertz CT molecular complexity index is 430. The largest absolute Gasteiger partial charge is 0.379 e. The van der Waals surface area contributed by atoms with Gasteiger partial charge >= 0.3 is 0 Å². The van der Waals surface area contributed by atoms with Gasteiger partial charge in [-0.15, -0.1) is 11.3 Å². The predicted octanol–water partition coefficient (Wildman–Crippen LogP) is 1.96. The summed E-state index contributed by atoms with van der Waals surface area (Å²) in [6.07, 6.45) is 3.40. The maximum Gasteiger partial charge on any atom is 0.191 e. The second-order valence-corrected chi connectivity index (χ2v) is 6.71. The number of aliphatic imine (C=N–C) groups is 1. The Labute approximate surface area is 144 Å². The smallest absolute Gasteiger partial charge is 0.191 e. The first kappa shape index (κ1) is 18.2. The number of nitrogens with one attached hydrogen (secondary N) is 2. The summed E-state index contributed by atoms with van der Waals surface area (Å²) in [6, 6.07) is 4.29. The summed E-state index contributed by atoms with van der Waals surface area (Å²) in [5, 5.41) is 8.86. The zero-order valence-corrected chi connectivity index (χ0v) is 15.0. The fourth-order valence-corrected chi connectivity index (χ4v) is 3.27. The molecular formula is C17H30N4OS. The average Bonchev–Trinajstić information content (AvgIpc) is 3.09. The van der Waals surface area contributed by atoms with Gasteiger partial charge in [-0.2, -0.15) is 0 Å². The van der Waals surface area contributed by atoms with Crippen LogP contribution in [-0.2, 0) is 11.2 Å². The summed E-state index contributed by atoms with van der Waals surface area (Å²) in [7, 11) is 0. The van der Waals surface area contributed by atoms with Gasteiger partial charge in [0.2, 0.25) is 0 Å². The molecule has 130 valence electrons. The third kappa shape index (κ3) is 7.81. The fraction of sp³-hybridized carbons (Fsp3) is 0.706. The Kier molecular flexibility index (Phi) is 9.06. The normalized spacial score (nSPS) is 16.5.